The van der Waals surface area contributed by atoms with E-state index in [4.69, 9.17) is 15.6 Å². The van der Waals surface area contributed by atoms with Crippen molar-refractivity contribution in [2.75, 3.05) is 13.2 Å². The predicted octanol–water partition coefficient (Wildman–Crippen LogP) is 19.0. The Morgan fingerprint density at radius 3 is 0.681 bits per heavy atom. The summed E-state index contributed by atoms with van der Waals surface area (Å²) in [4.78, 5) is 51.9. The minimum Gasteiger partial charge on any atom is -0.0654 e. The van der Waals surface area contributed by atoms with Crippen LogP contribution in [0.25, 0.3) is 0 Å². The van der Waals surface area contributed by atoms with Gasteiger partial charge in [0.2, 0.25) is 0 Å². The molecule has 0 spiro atoms. The molecule has 0 bridgehead atoms. The summed E-state index contributed by atoms with van der Waals surface area (Å²) in [6, 6.07) is 0. The molecular formula is C60H112O8Sn. The van der Waals surface area contributed by atoms with E-state index in [1.54, 1.807) is 0 Å². The van der Waals surface area contributed by atoms with Crippen molar-refractivity contribution < 1.29 is 34.8 Å². The fraction of sp³-hybridized carbons (Fsp3) is 0.867. The van der Waals surface area contributed by atoms with Crippen LogP contribution in [-0.4, -0.2) is 56.3 Å². The fourth-order valence-corrected chi connectivity index (χ4v) is 18.1. The van der Waals surface area contributed by atoms with Crippen LogP contribution in [0.3, 0.4) is 0 Å². The monoisotopic (exact) mass is 1080 g/mol. The van der Waals surface area contributed by atoms with Crippen LogP contribution in [-0.2, 0) is 34.8 Å². The van der Waals surface area contributed by atoms with Crippen LogP contribution in [0.4, 0.5) is 0 Å². The number of carbonyl (C=O) groups excluding carboxylic acids is 4. The molecule has 0 atom stereocenters. The summed E-state index contributed by atoms with van der Waals surface area (Å²) in [6.07, 6.45) is 58.1. The molecule has 0 saturated heterocycles. The van der Waals surface area contributed by atoms with E-state index in [0.717, 1.165) is 127 Å². The minimum atomic E-state index is -4.42. The quantitative estimate of drug-likeness (QED) is 0.0257. The standard InChI is InChI=1S/2C22H40O4.2C8H17.Sn/c2*1-2-3-4-5-6-7-8-9-10-11-12-13-14-15-16-17-20-26-22(25)19-18-21(23)24;2*1-3-5-7-8-6-4-2;/h2*18-19H,2-17,20H2,1H3,(H,23,24);2*1,3-8H2,2H3;/q;;;;+2/p-2. The van der Waals surface area contributed by atoms with Gasteiger partial charge in [-0.2, -0.15) is 0 Å². The van der Waals surface area contributed by atoms with Gasteiger partial charge in [-0.05, 0) is 0 Å². The molecule has 0 radical (unpaired) electrons. The third-order valence-electron chi connectivity index (χ3n) is 13.6. The van der Waals surface area contributed by atoms with Crippen LogP contribution in [0.1, 0.15) is 310 Å². The molecule has 0 rings (SSSR count). The Bertz CT molecular complexity index is 1130. The summed E-state index contributed by atoms with van der Waals surface area (Å²) in [5, 5.41) is 0. The van der Waals surface area contributed by atoms with Gasteiger partial charge in [-0.25, -0.2) is 0 Å². The molecule has 0 aromatic carbocycles. The second-order valence-electron chi connectivity index (χ2n) is 20.4. The third-order valence-corrected chi connectivity index (χ3v) is 23.2. The fourth-order valence-electron chi connectivity index (χ4n) is 9.15. The van der Waals surface area contributed by atoms with E-state index in [1.807, 2.05) is 0 Å². The Hall–Kier alpha value is -1.84. The van der Waals surface area contributed by atoms with Crippen LogP contribution in [0.5, 0.6) is 0 Å². The normalized spacial score (nSPS) is 11.8. The van der Waals surface area contributed by atoms with E-state index in [0.29, 0.717) is 22.1 Å². The van der Waals surface area contributed by atoms with Crippen molar-refractivity contribution >= 4 is 43.1 Å². The van der Waals surface area contributed by atoms with Gasteiger partial charge in [0.05, 0.1) is 0 Å². The topological polar surface area (TPSA) is 105 Å². The van der Waals surface area contributed by atoms with E-state index in [9.17, 15) is 19.2 Å². The molecule has 0 aliphatic carbocycles. The van der Waals surface area contributed by atoms with Crippen LogP contribution in [0.2, 0.25) is 8.87 Å². The molecule has 0 fully saturated rings. The van der Waals surface area contributed by atoms with Gasteiger partial charge in [0, 0.05) is 0 Å². The molecule has 0 unspecified atom stereocenters. The smallest absolute Gasteiger partial charge is 0.0654 e. The Kier molecular flexibility index (Phi) is 52.5. The molecule has 0 saturated carbocycles. The molecule has 404 valence electrons. The summed E-state index contributed by atoms with van der Waals surface area (Å²) in [5.74, 6) is -2.48. The molecule has 8 nitrogen and oxygen atoms in total. The Morgan fingerprint density at radius 1 is 0.261 bits per heavy atom. The van der Waals surface area contributed by atoms with E-state index >= 15 is 0 Å². The maximum absolute atomic E-state index is 13.4. The van der Waals surface area contributed by atoms with Crippen LogP contribution >= 0.6 is 0 Å². The second kappa shape index (κ2) is 53.9. The third kappa shape index (κ3) is 49.5. The van der Waals surface area contributed by atoms with Crippen molar-refractivity contribution in [3.8, 4) is 0 Å². The van der Waals surface area contributed by atoms with E-state index < -0.39 is 43.1 Å². The first-order valence-corrected chi connectivity index (χ1v) is 36.3. The SMILES string of the molecule is CCCCCCCCCCCCCCCCCCOC(=O)C=CC(=O)[O][Sn]([CH2]CCCCCCC)([CH2]CCCCCCC)[O]C(=O)C=CC(=O)OCCCCCCCCCCCCCCCCCC. The summed E-state index contributed by atoms with van der Waals surface area (Å²) in [6.45, 7) is 9.57. The molecular weight excluding hydrogens is 967 g/mol. The van der Waals surface area contributed by atoms with Gasteiger partial charge < -0.3 is 0 Å². The van der Waals surface area contributed by atoms with E-state index in [2.05, 4.69) is 27.7 Å². The van der Waals surface area contributed by atoms with Gasteiger partial charge in [0.25, 0.3) is 0 Å². The number of unbranched alkanes of at least 4 members (excludes halogenated alkanes) is 40. The number of hydrogen-bond donors (Lipinski definition) is 0. The molecule has 0 aliphatic heterocycles. The number of hydrogen-bond acceptors (Lipinski definition) is 8. The zero-order chi connectivity index (χ0) is 50.4. The molecule has 0 heterocycles. The molecule has 69 heavy (non-hydrogen) atoms. The first kappa shape index (κ1) is 67.2. The average molecular weight is 1080 g/mol. The van der Waals surface area contributed by atoms with Gasteiger partial charge >= 0.3 is 279 Å². The van der Waals surface area contributed by atoms with Gasteiger partial charge in [0.15, 0.2) is 0 Å². The van der Waals surface area contributed by atoms with Crippen LogP contribution in [0.15, 0.2) is 24.3 Å². The molecule has 9 heteroatoms. The van der Waals surface area contributed by atoms with Crippen molar-refractivity contribution in [1.29, 1.82) is 0 Å². The van der Waals surface area contributed by atoms with Gasteiger partial charge in [-0.3, -0.25) is 0 Å². The number of ether oxygens (including phenoxy) is 2. The summed E-state index contributed by atoms with van der Waals surface area (Å²) in [5.41, 5.74) is 0. The minimum absolute atomic E-state index is 0.321. The van der Waals surface area contributed by atoms with Crippen LogP contribution < -0.4 is 0 Å². The summed E-state index contributed by atoms with van der Waals surface area (Å²) in [7, 11) is 0. The maximum atomic E-state index is 13.4. The van der Waals surface area contributed by atoms with Crippen molar-refractivity contribution in [1.82, 2.24) is 0 Å². The van der Waals surface area contributed by atoms with Crippen molar-refractivity contribution in [2.24, 2.45) is 0 Å². The predicted molar refractivity (Wildman–Crippen MR) is 294 cm³/mol. The first-order valence-electron chi connectivity index (χ1n) is 30.0. The van der Waals surface area contributed by atoms with Gasteiger partial charge in [0.1, 0.15) is 0 Å². The van der Waals surface area contributed by atoms with E-state index in [-0.39, 0.29) is 0 Å². The number of esters is 2. The Morgan fingerprint density at radius 2 is 0.449 bits per heavy atom. The molecule has 0 amide bonds. The Balaban J connectivity index is 4.89. The van der Waals surface area contributed by atoms with Gasteiger partial charge in [-0.15, -0.1) is 0 Å². The van der Waals surface area contributed by atoms with Crippen LogP contribution in [0, 0.1) is 0 Å². The molecule has 0 N–H and O–H groups in total. The summed E-state index contributed by atoms with van der Waals surface area (Å²) < 4.78 is 24.3. The van der Waals surface area contributed by atoms with Crippen molar-refractivity contribution in [2.45, 2.75) is 319 Å². The Labute approximate surface area is 432 Å². The number of rotatable bonds is 54. The molecule has 0 aromatic heterocycles. The zero-order valence-corrected chi connectivity index (χ0v) is 48.9. The van der Waals surface area contributed by atoms with Crippen molar-refractivity contribution in [3.63, 3.8) is 0 Å². The summed E-state index contributed by atoms with van der Waals surface area (Å²) >= 11 is -4.42. The molecule has 0 aliphatic rings. The van der Waals surface area contributed by atoms with Crippen molar-refractivity contribution in [3.05, 3.63) is 24.3 Å². The average Bonchev–Trinajstić information content (AvgIpc) is 3.34. The van der Waals surface area contributed by atoms with Gasteiger partial charge in [-0.1, -0.05) is 155 Å². The number of carbonyl (C=O) groups is 4. The zero-order valence-electron chi connectivity index (χ0n) is 46.0. The van der Waals surface area contributed by atoms with E-state index in [1.165, 1.54) is 180 Å². The first-order chi connectivity index (χ1) is 33.8. The molecule has 0 aromatic rings. The second-order valence-corrected chi connectivity index (χ2v) is 29.6.